The number of nitrogens with one attached hydrogen (secondary N) is 1. The number of hydrogen-bond acceptors (Lipinski definition) is 1. The van der Waals surface area contributed by atoms with Crippen LogP contribution in [0.2, 0.25) is 0 Å². The van der Waals surface area contributed by atoms with Crippen molar-refractivity contribution in [3.8, 4) is 0 Å². The Balaban J connectivity index is 0.00000204. The van der Waals surface area contributed by atoms with E-state index in [0.29, 0.717) is 0 Å². The number of anilines is 1. The smallest absolute Gasteiger partial charge is 0.292 e. The molecule has 0 saturated carbocycles. The molecule has 4 heteroatoms. The van der Waals surface area contributed by atoms with Crippen LogP contribution in [0, 0.1) is 6.92 Å². The van der Waals surface area contributed by atoms with Crippen LogP contribution in [-0.4, -0.2) is 4.40 Å². The number of halogens is 1. The van der Waals surface area contributed by atoms with Gasteiger partial charge in [0.25, 0.3) is 5.65 Å². The Morgan fingerprint density at radius 2 is 1.61 bits per heavy atom. The van der Waals surface area contributed by atoms with Crippen LogP contribution in [0.5, 0.6) is 0 Å². The summed E-state index contributed by atoms with van der Waals surface area (Å²) >= 11 is 0. The van der Waals surface area contributed by atoms with Gasteiger partial charge in [0.2, 0.25) is 0 Å². The Hall–Kier alpha value is -3.12. The van der Waals surface area contributed by atoms with E-state index in [4.69, 9.17) is 0 Å². The van der Waals surface area contributed by atoms with E-state index in [1.807, 2.05) is 0 Å². The minimum Gasteiger partial charge on any atom is -1.00 e. The van der Waals surface area contributed by atoms with E-state index in [1.165, 1.54) is 44.1 Å². The second kappa shape index (κ2) is 7.85. The van der Waals surface area contributed by atoms with Gasteiger partial charge in [-0.1, -0.05) is 42.5 Å². The van der Waals surface area contributed by atoms with Gasteiger partial charge in [0.1, 0.15) is 17.2 Å². The van der Waals surface area contributed by atoms with Gasteiger partial charge >= 0.3 is 0 Å². The van der Waals surface area contributed by atoms with Crippen LogP contribution in [-0.2, 0) is 6.54 Å². The van der Waals surface area contributed by atoms with Crippen molar-refractivity contribution in [3.63, 3.8) is 0 Å². The zero-order chi connectivity index (χ0) is 20.1. The molecule has 6 aromatic rings. The molecule has 6 rings (SSSR count). The third-order valence-electron chi connectivity index (χ3n) is 6.05. The predicted octanol–water partition coefficient (Wildman–Crippen LogP) is 2.91. The molecule has 0 aliphatic rings. The maximum atomic E-state index is 3.58. The summed E-state index contributed by atoms with van der Waals surface area (Å²) in [7, 11) is 0. The highest BCUT2D eigenvalue weighted by Gasteiger charge is 2.16. The number of hydrogen-bond donors (Lipinski definition) is 1. The third-order valence-corrected chi connectivity index (χ3v) is 6.05. The number of rotatable bonds is 3. The number of fused-ring (bicyclic) bond motifs is 7. The van der Waals surface area contributed by atoms with E-state index in [1.54, 1.807) is 0 Å². The van der Waals surface area contributed by atoms with Crippen LogP contribution >= 0.6 is 0 Å². The lowest BCUT2D eigenvalue weighted by atomic mass is 10.1. The molecule has 0 atom stereocenters. The Kier molecular flexibility index (Phi) is 5.02. The van der Waals surface area contributed by atoms with Gasteiger partial charge in [0, 0.05) is 29.1 Å². The van der Waals surface area contributed by atoms with Crippen molar-refractivity contribution in [2.45, 2.75) is 13.5 Å². The molecule has 0 amide bonds. The van der Waals surface area contributed by atoms with Crippen LogP contribution < -0.4 is 33.7 Å². The highest BCUT2D eigenvalue weighted by atomic mass is 127. The first-order valence-corrected chi connectivity index (χ1v) is 10.3. The molecule has 152 valence electrons. The van der Waals surface area contributed by atoms with Crippen LogP contribution in [0.1, 0.15) is 11.1 Å². The topological polar surface area (TPSA) is 20.5 Å². The van der Waals surface area contributed by atoms with Crippen molar-refractivity contribution in [3.05, 3.63) is 108 Å². The summed E-state index contributed by atoms with van der Waals surface area (Å²) in [5.74, 6) is 0. The fourth-order valence-electron chi connectivity index (χ4n) is 4.42. The summed E-state index contributed by atoms with van der Waals surface area (Å²) in [5, 5.41) is 6.06. The molecule has 0 aliphatic carbocycles. The Morgan fingerprint density at radius 1 is 0.806 bits per heavy atom. The highest BCUT2D eigenvalue weighted by molar-refractivity contribution is 5.88. The summed E-state index contributed by atoms with van der Waals surface area (Å²) in [6.07, 6.45) is 2.22. The number of aryl methyl sites for hydroxylation is 1. The number of imidazole rings is 1. The molecular formula is C27H22IN3. The predicted molar refractivity (Wildman–Crippen MR) is 124 cm³/mol. The molecule has 3 nitrogen and oxygen atoms in total. The molecule has 0 bridgehead atoms. The molecule has 0 aliphatic heterocycles. The Labute approximate surface area is 198 Å². The normalized spacial score (nSPS) is 11.3. The van der Waals surface area contributed by atoms with Crippen molar-refractivity contribution < 1.29 is 28.4 Å². The quantitative estimate of drug-likeness (QED) is 0.284. The molecule has 31 heavy (non-hydrogen) atoms. The second-order valence-electron chi connectivity index (χ2n) is 7.90. The first kappa shape index (κ1) is 19.8. The lowest BCUT2D eigenvalue weighted by molar-refractivity contribution is -0.479. The number of pyridine rings is 2. The molecule has 0 radical (unpaired) electrons. The average Bonchev–Trinajstić information content (AvgIpc) is 3.18. The maximum Gasteiger partial charge on any atom is 0.292 e. The number of nitrogens with zero attached hydrogens (tertiary/aromatic N) is 2. The molecule has 3 aromatic heterocycles. The van der Waals surface area contributed by atoms with Crippen LogP contribution in [0.4, 0.5) is 5.69 Å². The largest absolute Gasteiger partial charge is 1.00 e. The number of benzene rings is 3. The van der Waals surface area contributed by atoms with Gasteiger partial charge in [-0.2, -0.15) is 8.80 Å². The standard InChI is InChI=1S/C27H22N3.HI/c1-19-6-2-3-8-22(19)17-28-23-12-14-26-21(16-23)10-13-24-18-29-25-9-5-4-7-20(25)11-15-27(29)30(24)26;/h2-16,18,28H,17H2,1H3;1H/q+1;/p-1. The third kappa shape index (κ3) is 3.31. The number of para-hydroxylation sites is 1. The molecular weight excluding hydrogens is 493 g/mol. The summed E-state index contributed by atoms with van der Waals surface area (Å²) < 4.78 is 4.63. The second-order valence-corrected chi connectivity index (χ2v) is 7.90. The van der Waals surface area contributed by atoms with Crippen molar-refractivity contribution >= 4 is 38.7 Å². The van der Waals surface area contributed by atoms with Gasteiger partial charge in [0.05, 0.1) is 0 Å². The summed E-state index contributed by atoms with van der Waals surface area (Å²) in [6.45, 7) is 2.99. The van der Waals surface area contributed by atoms with Crippen LogP contribution in [0.15, 0.2) is 97.2 Å². The van der Waals surface area contributed by atoms with Crippen LogP contribution in [0.25, 0.3) is 33.0 Å². The van der Waals surface area contributed by atoms with Gasteiger partial charge in [-0.15, -0.1) is 0 Å². The van der Waals surface area contributed by atoms with E-state index < -0.39 is 0 Å². The lowest BCUT2D eigenvalue weighted by Crippen LogP contribution is -3.00. The van der Waals surface area contributed by atoms with E-state index in [-0.39, 0.29) is 24.0 Å². The lowest BCUT2D eigenvalue weighted by Gasteiger charge is -2.09. The summed E-state index contributed by atoms with van der Waals surface area (Å²) in [6, 6.07) is 32.5. The zero-order valence-corrected chi connectivity index (χ0v) is 19.4. The van der Waals surface area contributed by atoms with Crippen molar-refractivity contribution in [1.82, 2.24) is 4.40 Å². The first-order valence-electron chi connectivity index (χ1n) is 10.3. The highest BCUT2D eigenvalue weighted by Crippen LogP contribution is 2.24. The Morgan fingerprint density at radius 3 is 2.52 bits per heavy atom. The fourth-order valence-corrected chi connectivity index (χ4v) is 4.42. The summed E-state index contributed by atoms with van der Waals surface area (Å²) in [5.41, 5.74) is 8.59. The molecule has 0 spiro atoms. The molecule has 1 N–H and O–H groups in total. The van der Waals surface area contributed by atoms with E-state index >= 15 is 0 Å². The SMILES string of the molecule is Cc1ccccc1CNc1ccc2c(ccc3c[n+]4c5ccccc5ccc4n32)c1.[I-]. The average molecular weight is 515 g/mol. The van der Waals surface area contributed by atoms with Crippen LogP contribution in [0.3, 0.4) is 0 Å². The molecule has 0 unspecified atom stereocenters. The summed E-state index contributed by atoms with van der Waals surface area (Å²) in [4.78, 5) is 0. The maximum absolute atomic E-state index is 3.58. The van der Waals surface area contributed by atoms with Crippen molar-refractivity contribution in [2.24, 2.45) is 0 Å². The van der Waals surface area contributed by atoms with E-state index in [9.17, 15) is 0 Å². The molecule has 0 saturated heterocycles. The minimum atomic E-state index is 0. The Bertz CT molecular complexity index is 1570. The van der Waals surface area contributed by atoms with Gasteiger partial charge in [0.15, 0.2) is 5.52 Å². The number of aromatic nitrogens is 2. The monoisotopic (exact) mass is 515 g/mol. The fraction of sp³-hybridized carbons (Fsp3) is 0.0741. The van der Waals surface area contributed by atoms with Crippen molar-refractivity contribution in [1.29, 1.82) is 0 Å². The van der Waals surface area contributed by atoms with Gasteiger partial charge in [-0.3, -0.25) is 0 Å². The first-order chi connectivity index (χ1) is 14.8. The van der Waals surface area contributed by atoms with Gasteiger partial charge in [-0.05, 0) is 60.5 Å². The van der Waals surface area contributed by atoms with E-state index in [0.717, 1.165) is 12.2 Å². The minimum absolute atomic E-state index is 0. The van der Waals surface area contributed by atoms with Gasteiger partial charge < -0.3 is 29.3 Å². The van der Waals surface area contributed by atoms with Crippen molar-refractivity contribution in [2.75, 3.05) is 5.32 Å². The van der Waals surface area contributed by atoms with E-state index in [2.05, 4.69) is 118 Å². The van der Waals surface area contributed by atoms with Gasteiger partial charge in [-0.25, -0.2) is 0 Å². The molecule has 3 heterocycles. The zero-order valence-electron chi connectivity index (χ0n) is 17.2. The molecule has 3 aromatic carbocycles. The molecule has 0 fully saturated rings.